The summed E-state index contributed by atoms with van der Waals surface area (Å²) in [6, 6.07) is 13.9. The second-order valence-corrected chi connectivity index (χ2v) is 8.82. The fraction of sp³-hybridized carbons (Fsp3) is 0.348. The number of aromatic nitrogens is 3. The lowest BCUT2D eigenvalue weighted by molar-refractivity contribution is -0.119. The number of rotatable bonds is 7. The second kappa shape index (κ2) is 9.70. The molecule has 0 spiro atoms. The number of carbonyl (C=O) groups is 1. The summed E-state index contributed by atoms with van der Waals surface area (Å²) in [7, 11) is 3.92. The number of ether oxygens (including phenoxy) is 1. The monoisotopic (exact) mass is 455 g/mol. The van der Waals surface area contributed by atoms with Gasteiger partial charge in [0.1, 0.15) is 11.6 Å². The number of amides is 1. The van der Waals surface area contributed by atoms with Crippen LogP contribution in [0.25, 0.3) is 5.69 Å². The fourth-order valence-electron chi connectivity index (χ4n) is 3.57. The van der Waals surface area contributed by atoms with Crippen molar-refractivity contribution < 1.29 is 13.9 Å². The van der Waals surface area contributed by atoms with Gasteiger partial charge in [-0.1, -0.05) is 30.0 Å². The van der Waals surface area contributed by atoms with E-state index in [1.54, 1.807) is 12.1 Å². The minimum Gasteiger partial charge on any atom is -0.493 e. The first-order valence-electron chi connectivity index (χ1n) is 10.5. The highest BCUT2D eigenvalue weighted by molar-refractivity contribution is 7.99. The molecule has 1 aliphatic rings. The topological polar surface area (TPSA) is 72.3 Å². The highest BCUT2D eigenvalue weighted by atomic mass is 32.2. The Bertz CT molecular complexity index is 1090. The maximum absolute atomic E-state index is 13.5. The molecular formula is C23H26FN5O2S. The van der Waals surface area contributed by atoms with E-state index in [0.29, 0.717) is 11.8 Å². The van der Waals surface area contributed by atoms with Gasteiger partial charge in [0.2, 0.25) is 5.91 Å². The standard InChI is InChI=1S/C23H26FN5O2S/c1-15(28(2)3)22-26-27-23(29(22)17-10-8-16(24)9-11-17)32-14-21(30)25-19-12-13-31-20-7-5-4-6-18(19)20/h4-11,15,19H,12-14H2,1-3H3,(H,25,30)/t15-,19+/m1/s1. The number of hydrogen-bond donors (Lipinski definition) is 1. The zero-order valence-electron chi connectivity index (χ0n) is 18.3. The Kier molecular flexibility index (Phi) is 6.76. The van der Waals surface area contributed by atoms with E-state index in [4.69, 9.17) is 4.74 Å². The van der Waals surface area contributed by atoms with Crippen LogP contribution in [0.15, 0.2) is 53.7 Å². The van der Waals surface area contributed by atoms with Gasteiger partial charge in [-0.2, -0.15) is 0 Å². The summed E-state index contributed by atoms with van der Waals surface area (Å²) in [5, 5.41) is 12.4. The molecule has 0 radical (unpaired) electrons. The highest BCUT2D eigenvalue weighted by Gasteiger charge is 2.24. The van der Waals surface area contributed by atoms with Crippen molar-refractivity contribution in [1.82, 2.24) is 25.0 Å². The average Bonchev–Trinajstić information content (AvgIpc) is 3.21. The lowest BCUT2D eigenvalue weighted by atomic mass is 10.0. The lowest BCUT2D eigenvalue weighted by Gasteiger charge is -2.26. The molecule has 0 fully saturated rings. The zero-order chi connectivity index (χ0) is 22.7. The normalized spacial score (nSPS) is 16.3. The first kappa shape index (κ1) is 22.3. The van der Waals surface area contributed by atoms with Gasteiger partial charge >= 0.3 is 0 Å². The van der Waals surface area contributed by atoms with Gasteiger partial charge in [-0.05, 0) is 51.4 Å². The Morgan fingerprint density at radius 1 is 1.25 bits per heavy atom. The number of fused-ring (bicyclic) bond motifs is 1. The van der Waals surface area contributed by atoms with Gasteiger partial charge in [-0.3, -0.25) is 14.3 Å². The molecule has 0 unspecified atom stereocenters. The summed E-state index contributed by atoms with van der Waals surface area (Å²) < 4.78 is 21.0. The number of halogens is 1. The van der Waals surface area contributed by atoms with Crippen LogP contribution >= 0.6 is 11.8 Å². The van der Waals surface area contributed by atoms with Crippen molar-refractivity contribution in [2.75, 3.05) is 26.5 Å². The van der Waals surface area contributed by atoms with Crippen molar-refractivity contribution in [2.24, 2.45) is 0 Å². The molecule has 7 nitrogen and oxygen atoms in total. The second-order valence-electron chi connectivity index (χ2n) is 7.88. The Morgan fingerprint density at radius 2 is 2.00 bits per heavy atom. The van der Waals surface area contributed by atoms with E-state index in [-0.39, 0.29) is 29.6 Å². The van der Waals surface area contributed by atoms with Crippen LogP contribution in [0.2, 0.25) is 0 Å². The van der Waals surface area contributed by atoms with E-state index in [9.17, 15) is 9.18 Å². The van der Waals surface area contributed by atoms with Gasteiger partial charge in [0.05, 0.1) is 24.4 Å². The summed E-state index contributed by atoms with van der Waals surface area (Å²) in [6.45, 7) is 2.59. The molecule has 1 aromatic heterocycles. The minimum atomic E-state index is -0.311. The van der Waals surface area contributed by atoms with Crippen molar-refractivity contribution in [1.29, 1.82) is 0 Å². The van der Waals surface area contributed by atoms with Crippen molar-refractivity contribution >= 4 is 17.7 Å². The molecule has 2 heterocycles. The van der Waals surface area contributed by atoms with Crippen LogP contribution in [0.4, 0.5) is 4.39 Å². The quantitative estimate of drug-likeness (QED) is 0.547. The van der Waals surface area contributed by atoms with Crippen LogP contribution in [0, 0.1) is 5.82 Å². The molecule has 4 rings (SSSR count). The number of thioether (sulfide) groups is 1. The van der Waals surface area contributed by atoms with Crippen LogP contribution in [-0.4, -0.2) is 52.0 Å². The Balaban J connectivity index is 1.51. The first-order chi connectivity index (χ1) is 15.4. The van der Waals surface area contributed by atoms with Gasteiger partial charge < -0.3 is 10.1 Å². The van der Waals surface area contributed by atoms with E-state index in [1.807, 2.05) is 54.8 Å². The number of nitrogens with one attached hydrogen (secondary N) is 1. The molecule has 3 aromatic rings. The summed E-state index contributed by atoms with van der Waals surface area (Å²) in [5.41, 5.74) is 1.75. The number of para-hydroxylation sites is 1. The Morgan fingerprint density at radius 3 is 2.75 bits per heavy atom. The zero-order valence-corrected chi connectivity index (χ0v) is 19.1. The van der Waals surface area contributed by atoms with Gasteiger partial charge in [-0.15, -0.1) is 10.2 Å². The molecule has 2 aromatic carbocycles. The molecule has 9 heteroatoms. The first-order valence-corrected chi connectivity index (χ1v) is 11.4. The van der Waals surface area contributed by atoms with Crippen molar-refractivity contribution in [2.45, 2.75) is 30.6 Å². The smallest absolute Gasteiger partial charge is 0.230 e. The van der Waals surface area contributed by atoms with Gasteiger partial charge in [0.15, 0.2) is 11.0 Å². The van der Waals surface area contributed by atoms with E-state index >= 15 is 0 Å². The maximum atomic E-state index is 13.5. The number of nitrogens with zero attached hydrogens (tertiary/aromatic N) is 4. The molecule has 1 N–H and O–H groups in total. The fourth-order valence-corrected chi connectivity index (χ4v) is 4.34. The third kappa shape index (κ3) is 4.78. The highest BCUT2D eigenvalue weighted by Crippen LogP contribution is 2.32. The predicted molar refractivity (Wildman–Crippen MR) is 122 cm³/mol. The van der Waals surface area contributed by atoms with Crippen LogP contribution in [-0.2, 0) is 4.79 Å². The third-order valence-corrected chi connectivity index (χ3v) is 6.45. The number of carbonyl (C=O) groups excluding carboxylic acids is 1. The van der Waals surface area contributed by atoms with E-state index in [1.165, 1.54) is 23.9 Å². The van der Waals surface area contributed by atoms with Crippen molar-refractivity contribution in [3.05, 3.63) is 65.7 Å². The Hall–Kier alpha value is -2.91. The largest absolute Gasteiger partial charge is 0.493 e. The summed E-state index contributed by atoms with van der Waals surface area (Å²) in [5.74, 6) is 1.33. The van der Waals surface area contributed by atoms with Gasteiger partial charge in [0, 0.05) is 17.7 Å². The van der Waals surface area contributed by atoms with Crippen LogP contribution in [0.1, 0.15) is 36.8 Å². The van der Waals surface area contributed by atoms with Crippen LogP contribution in [0.3, 0.4) is 0 Å². The van der Waals surface area contributed by atoms with E-state index in [2.05, 4.69) is 15.5 Å². The van der Waals surface area contributed by atoms with E-state index in [0.717, 1.165) is 29.2 Å². The molecule has 1 amide bonds. The predicted octanol–water partition coefficient (Wildman–Crippen LogP) is 3.76. The van der Waals surface area contributed by atoms with Crippen molar-refractivity contribution in [3.8, 4) is 11.4 Å². The molecule has 0 saturated carbocycles. The minimum absolute atomic E-state index is 0.0190. The average molecular weight is 456 g/mol. The molecule has 168 valence electrons. The van der Waals surface area contributed by atoms with Gasteiger partial charge in [0.25, 0.3) is 0 Å². The van der Waals surface area contributed by atoms with Crippen LogP contribution in [0.5, 0.6) is 5.75 Å². The molecule has 0 aliphatic carbocycles. The molecule has 32 heavy (non-hydrogen) atoms. The maximum Gasteiger partial charge on any atom is 0.230 e. The SMILES string of the molecule is C[C@H](c1nnc(SCC(=O)N[C@H]2CCOc3ccccc32)n1-c1ccc(F)cc1)N(C)C. The van der Waals surface area contributed by atoms with Crippen molar-refractivity contribution in [3.63, 3.8) is 0 Å². The Labute approximate surface area is 191 Å². The van der Waals surface area contributed by atoms with Gasteiger partial charge in [-0.25, -0.2) is 4.39 Å². The van der Waals surface area contributed by atoms with Crippen LogP contribution < -0.4 is 10.1 Å². The summed E-state index contributed by atoms with van der Waals surface area (Å²) in [6.07, 6.45) is 0.726. The number of benzene rings is 2. The lowest BCUT2D eigenvalue weighted by Crippen LogP contribution is -2.33. The third-order valence-electron chi connectivity index (χ3n) is 5.52. The summed E-state index contributed by atoms with van der Waals surface area (Å²) >= 11 is 1.31. The molecule has 2 atom stereocenters. The molecule has 1 aliphatic heterocycles. The molecular weight excluding hydrogens is 429 g/mol. The molecule has 0 bridgehead atoms. The molecule has 0 saturated heterocycles. The number of hydrogen-bond acceptors (Lipinski definition) is 6. The van der Waals surface area contributed by atoms with E-state index < -0.39 is 0 Å². The summed E-state index contributed by atoms with van der Waals surface area (Å²) in [4.78, 5) is 14.8.